The Bertz CT molecular complexity index is 205. The minimum Gasteiger partial charge on any atom is -0.449 e. The smallest absolute Gasteiger partial charge is 0.449 e. The summed E-state index contributed by atoms with van der Waals surface area (Å²) in [5, 5.41) is 8.09. The van der Waals surface area contributed by atoms with Crippen LogP contribution in [0.25, 0.3) is 0 Å². The molecule has 0 fully saturated rings. The zero-order valence-corrected chi connectivity index (χ0v) is 7.16. The molecule has 0 rings (SSSR count). The predicted molar refractivity (Wildman–Crippen MR) is 42.8 cm³/mol. The minimum atomic E-state index is -1.57. The lowest BCUT2D eigenvalue weighted by molar-refractivity contribution is -0.134. The standard InChI is InChI=1S/C8H12O4/c1-3-4-5-6(2)7(9)12-8(10)11/h5H,3-4H2,1-2H3,(H,10,11). The van der Waals surface area contributed by atoms with Gasteiger partial charge in [-0.15, -0.1) is 0 Å². The maximum Gasteiger partial charge on any atom is 0.513 e. The summed E-state index contributed by atoms with van der Waals surface area (Å²) in [5.74, 6) is -0.795. The second-order valence-corrected chi connectivity index (χ2v) is 2.33. The molecule has 0 bridgehead atoms. The number of hydrogen-bond acceptors (Lipinski definition) is 3. The summed E-state index contributed by atoms with van der Waals surface area (Å²) in [7, 11) is 0. The first-order chi connectivity index (χ1) is 5.57. The Morgan fingerprint density at radius 2 is 2.08 bits per heavy atom. The van der Waals surface area contributed by atoms with E-state index >= 15 is 0 Å². The normalized spacial score (nSPS) is 11.0. The van der Waals surface area contributed by atoms with Gasteiger partial charge in [0.25, 0.3) is 0 Å². The van der Waals surface area contributed by atoms with Crippen molar-refractivity contribution in [3.63, 3.8) is 0 Å². The topological polar surface area (TPSA) is 63.6 Å². The first-order valence-electron chi connectivity index (χ1n) is 3.69. The van der Waals surface area contributed by atoms with E-state index < -0.39 is 12.1 Å². The van der Waals surface area contributed by atoms with Gasteiger partial charge in [0.15, 0.2) is 0 Å². The Balaban J connectivity index is 4.00. The Morgan fingerprint density at radius 1 is 1.50 bits per heavy atom. The molecular formula is C8H12O4. The predicted octanol–water partition coefficient (Wildman–Crippen LogP) is 1.95. The van der Waals surface area contributed by atoms with Gasteiger partial charge in [-0.3, -0.25) is 0 Å². The van der Waals surface area contributed by atoms with Crippen molar-refractivity contribution in [3.05, 3.63) is 11.6 Å². The first kappa shape index (κ1) is 10.7. The van der Waals surface area contributed by atoms with Crippen LogP contribution in [0.2, 0.25) is 0 Å². The molecule has 68 valence electrons. The molecule has 1 N–H and O–H groups in total. The van der Waals surface area contributed by atoms with Gasteiger partial charge < -0.3 is 9.84 Å². The number of rotatable bonds is 3. The summed E-state index contributed by atoms with van der Waals surface area (Å²) in [4.78, 5) is 20.7. The lowest BCUT2D eigenvalue weighted by atomic mass is 10.2. The zero-order chi connectivity index (χ0) is 9.56. The van der Waals surface area contributed by atoms with Crippen LogP contribution in [0.15, 0.2) is 11.6 Å². The van der Waals surface area contributed by atoms with Crippen molar-refractivity contribution in [2.45, 2.75) is 26.7 Å². The lowest BCUT2D eigenvalue weighted by Crippen LogP contribution is -2.10. The largest absolute Gasteiger partial charge is 0.513 e. The highest BCUT2D eigenvalue weighted by Gasteiger charge is 2.09. The van der Waals surface area contributed by atoms with Crippen LogP contribution in [0, 0.1) is 0 Å². The number of unbranched alkanes of at least 4 members (excludes halogenated alkanes) is 1. The van der Waals surface area contributed by atoms with Crippen molar-refractivity contribution in [2.75, 3.05) is 0 Å². The van der Waals surface area contributed by atoms with E-state index in [0.29, 0.717) is 5.57 Å². The minimum absolute atomic E-state index is 0.333. The van der Waals surface area contributed by atoms with Gasteiger partial charge in [-0.1, -0.05) is 19.4 Å². The molecule has 0 amide bonds. The molecule has 0 aromatic carbocycles. The second-order valence-electron chi connectivity index (χ2n) is 2.33. The van der Waals surface area contributed by atoms with Crippen molar-refractivity contribution >= 4 is 12.1 Å². The number of carboxylic acid groups (broad SMARTS) is 1. The molecule has 0 heterocycles. The van der Waals surface area contributed by atoms with E-state index in [4.69, 9.17) is 5.11 Å². The van der Waals surface area contributed by atoms with Crippen molar-refractivity contribution in [3.8, 4) is 0 Å². The lowest BCUT2D eigenvalue weighted by Gasteiger charge is -1.97. The van der Waals surface area contributed by atoms with Gasteiger partial charge in [-0.2, -0.15) is 0 Å². The van der Waals surface area contributed by atoms with Crippen LogP contribution in [0.5, 0.6) is 0 Å². The molecule has 0 aromatic heterocycles. The van der Waals surface area contributed by atoms with Crippen molar-refractivity contribution in [2.24, 2.45) is 0 Å². The fourth-order valence-corrected chi connectivity index (χ4v) is 0.604. The van der Waals surface area contributed by atoms with E-state index in [9.17, 15) is 9.59 Å². The molecule has 4 nitrogen and oxygen atoms in total. The summed E-state index contributed by atoms with van der Waals surface area (Å²) >= 11 is 0. The van der Waals surface area contributed by atoms with Crippen LogP contribution in [0.4, 0.5) is 4.79 Å². The Morgan fingerprint density at radius 3 is 2.50 bits per heavy atom. The van der Waals surface area contributed by atoms with Crippen LogP contribution in [0.1, 0.15) is 26.7 Å². The van der Waals surface area contributed by atoms with Crippen molar-refractivity contribution < 1.29 is 19.4 Å². The SMILES string of the molecule is CCCC=C(C)C(=O)OC(=O)O. The fourth-order valence-electron chi connectivity index (χ4n) is 0.604. The van der Waals surface area contributed by atoms with Gasteiger partial charge in [0.2, 0.25) is 0 Å². The highest BCUT2D eigenvalue weighted by molar-refractivity contribution is 5.93. The highest BCUT2D eigenvalue weighted by atomic mass is 16.7. The van der Waals surface area contributed by atoms with E-state index in [0.717, 1.165) is 12.8 Å². The van der Waals surface area contributed by atoms with Crippen molar-refractivity contribution in [1.82, 2.24) is 0 Å². The number of ether oxygens (including phenoxy) is 1. The molecule has 12 heavy (non-hydrogen) atoms. The Labute approximate surface area is 70.8 Å². The number of allylic oxidation sites excluding steroid dienone is 1. The third-order valence-electron chi connectivity index (χ3n) is 1.24. The van der Waals surface area contributed by atoms with Gasteiger partial charge in [-0.25, -0.2) is 9.59 Å². The number of esters is 1. The molecule has 0 saturated carbocycles. The molecule has 0 aliphatic heterocycles. The average Bonchev–Trinajstić information content (AvgIpc) is 1.98. The van der Waals surface area contributed by atoms with Gasteiger partial charge >= 0.3 is 12.1 Å². The van der Waals surface area contributed by atoms with Crippen LogP contribution in [-0.2, 0) is 9.53 Å². The average molecular weight is 172 g/mol. The molecule has 0 radical (unpaired) electrons. The van der Waals surface area contributed by atoms with Crippen molar-refractivity contribution in [1.29, 1.82) is 0 Å². The van der Waals surface area contributed by atoms with Crippen LogP contribution >= 0.6 is 0 Å². The second kappa shape index (κ2) is 5.35. The molecular weight excluding hydrogens is 160 g/mol. The van der Waals surface area contributed by atoms with E-state index in [-0.39, 0.29) is 0 Å². The highest BCUT2D eigenvalue weighted by Crippen LogP contribution is 2.00. The molecule has 0 saturated heterocycles. The Kier molecular flexibility index (Phi) is 4.76. The maximum absolute atomic E-state index is 10.8. The maximum atomic E-state index is 10.8. The van der Waals surface area contributed by atoms with Gasteiger partial charge in [-0.05, 0) is 13.3 Å². The van der Waals surface area contributed by atoms with Crippen LogP contribution in [-0.4, -0.2) is 17.2 Å². The number of hydrogen-bond donors (Lipinski definition) is 1. The summed E-state index contributed by atoms with van der Waals surface area (Å²) in [6.45, 7) is 3.49. The van der Waals surface area contributed by atoms with Gasteiger partial charge in [0.1, 0.15) is 0 Å². The quantitative estimate of drug-likeness (QED) is 0.401. The molecule has 0 aromatic rings. The fraction of sp³-hybridized carbons (Fsp3) is 0.500. The molecule has 0 spiro atoms. The first-order valence-corrected chi connectivity index (χ1v) is 3.69. The molecule has 0 aliphatic carbocycles. The Hall–Kier alpha value is -1.32. The number of carbonyl (C=O) groups excluding carboxylic acids is 1. The number of carbonyl (C=O) groups is 2. The zero-order valence-electron chi connectivity index (χ0n) is 7.16. The van der Waals surface area contributed by atoms with Gasteiger partial charge in [0, 0.05) is 5.57 Å². The summed E-state index contributed by atoms with van der Waals surface area (Å²) < 4.78 is 3.92. The van der Waals surface area contributed by atoms with Crippen LogP contribution < -0.4 is 0 Å². The van der Waals surface area contributed by atoms with E-state index in [2.05, 4.69) is 4.74 Å². The monoisotopic (exact) mass is 172 g/mol. The van der Waals surface area contributed by atoms with E-state index in [1.165, 1.54) is 6.92 Å². The molecule has 0 aliphatic rings. The summed E-state index contributed by atoms with van der Waals surface area (Å²) in [6.07, 6.45) is 1.76. The summed E-state index contributed by atoms with van der Waals surface area (Å²) in [5.41, 5.74) is 0.333. The summed E-state index contributed by atoms with van der Waals surface area (Å²) in [6, 6.07) is 0. The molecule has 0 unspecified atom stereocenters. The molecule has 0 atom stereocenters. The van der Waals surface area contributed by atoms with Gasteiger partial charge in [0.05, 0.1) is 0 Å². The third-order valence-corrected chi connectivity index (χ3v) is 1.24. The van der Waals surface area contributed by atoms with E-state index in [1.807, 2.05) is 6.92 Å². The van der Waals surface area contributed by atoms with Crippen LogP contribution in [0.3, 0.4) is 0 Å². The van der Waals surface area contributed by atoms with E-state index in [1.54, 1.807) is 6.08 Å². The third kappa shape index (κ3) is 4.49. The molecule has 4 heteroatoms.